The van der Waals surface area contributed by atoms with E-state index in [1.165, 1.54) is 12.1 Å². The van der Waals surface area contributed by atoms with Crippen LogP contribution < -0.4 is 5.73 Å². The van der Waals surface area contributed by atoms with E-state index >= 15 is 0 Å². The molecule has 2 N–H and O–H groups in total. The van der Waals surface area contributed by atoms with Crippen molar-refractivity contribution in [2.24, 2.45) is 5.73 Å². The normalized spacial score (nSPS) is 14.0. The van der Waals surface area contributed by atoms with E-state index in [0.717, 1.165) is 22.0 Å². The molecule has 2 aromatic carbocycles. The lowest BCUT2D eigenvalue weighted by Crippen LogP contribution is -2.35. The van der Waals surface area contributed by atoms with E-state index in [1.807, 2.05) is 43.3 Å². The Hall–Kier alpha value is -2.26. The molecular formula is C18H17FN2. The molecule has 3 heteroatoms. The van der Waals surface area contributed by atoms with Crippen molar-refractivity contribution in [1.29, 1.82) is 0 Å². The Morgan fingerprint density at radius 1 is 1.10 bits per heavy atom. The van der Waals surface area contributed by atoms with Crippen molar-refractivity contribution < 1.29 is 4.39 Å². The number of fused-ring (bicyclic) bond motifs is 1. The fourth-order valence-corrected chi connectivity index (χ4v) is 2.77. The predicted molar refractivity (Wildman–Crippen MR) is 83.4 cm³/mol. The fraction of sp³-hybridized carbons (Fsp3) is 0.167. The number of aromatic nitrogens is 1. The summed E-state index contributed by atoms with van der Waals surface area (Å²) in [5.41, 5.74) is 8.79. The summed E-state index contributed by atoms with van der Waals surface area (Å²) in [5, 5.41) is 1.04. The number of benzene rings is 2. The molecule has 1 aromatic heterocycles. The van der Waals surface area contributed by atoms with Gasteiger partial charge in [-0.1, -0.05) is 30.3 Å². The molecule has 1 heterocycles. The van der Waals surface area contributed by atoms with Gasteiger partial charge in [0.2, 0.25) is 0 Å². The minimum Gasteiger partial charge on any atom is -0.321 e. The second-order valence-electron chi connectivity index (χ2n) is 5.60. The third-order valence-corrected chi connectivity index (χ3v) is 3.72. The molecule has 0 aliphatic heterocycles. The molecule has 106 valence electrons. The highest BCUT2D eigenvalue weighted by Crippen LogP contribution is 2.29. The minimum absolute atomic E-state index is 0.233. The van der Waals surface area contributed by atoms with Crippen LogP contribution in [0.4, 0.5) is 4.39 Å². The van der Waals surface area contributed by atoms with Gasteiger partial charge in [0.05, 0.1) is 5.52 Å². The highest BCUT2D eigenvalue weighted by atomic mass is 19.1. The Morgan fingerprint density at radius 2 is 1.90 bits per heavy atom. The number of rotatable bonds is 3. The lowest BCUT2D eigenvalue weighted by molar-refractivity contribution is 0.493. The van der Waals surface area contributed by atoms with E-state index in [1.54, 1.807) is 12.3 Å². The van der Waals surface area contributed by atoms with Crippen LogP contribution in [0.1, 0.15) is 18.1 Å². The first-order chi connectivity index (χ1) is 10.1. The zero-order valence-electron chi connectivity index (χ0n) is 11.9. The van der Waals surface area contributed by atoms with Gasteiger partial charge in [0.1, 0.15) is 5.82 Å². The molecule has 0 saturated heterocycles. The van der Waals surface area contributed by atoms with E-state index in [-0.39, 0.29) is 5.82 Å². The monoisotopic (exact) mass is 280 g/mol. The maximum Gasteiger partial charge on any atom is 0.123 e. The van der Waals surface area contributed by atoms with Crippen LogP contribution in [0.2, 0.25) is 0 Å². The number of pyridine rings is 1. The summed E-state index contributed by atoms with van der Waals surface area (Å²) in [7, 11) is 0. The van der Waals surface area contributed by atoms with E-state index in [0.29, 0.717) is 6.42 Å². The third kappa shape index (κ3) is 2.78. The van der Waals surface area contributed by atoms with Gasteiger partial charge in [-0.15, -0.1) is 0 Å². The van der Waals surface area contributed by atoms with Crippen LogP contribution in [0.15, 0.2) is 60.8 Å². The molecule has 3 aromatic rings. The van der Waals surface area contributed by atoms with Crippen LogP contribution in [0.5, 0.6) is 0 Å². The Balaban J connectivity index is 2.04. The van der Waals surface area contributed by atoms with Crippen molar-refractivity contribution in [3.05, 3.63) is 77.7 Å². The van der Waals surface area contributed by atoms with E-state index in [9.17, 15) is 4.39 Å². The topological polar surface area (TPSA) is 38.9 Å². The van der Waals surface area contributed by atoms with Crippen molar-refractivity contribution in [3.63, 3.8) is 0 Å². The van der Waals surface area contributed by atoms with Crippen LogP contribution in [-0.2, 0) is 12.0 Å². The smallest absolute Gasteiger partial charge is 0.123 e. The molecule has 21 heavy (non-hydrogen) atoms. The molecule has 1 atom stereocenters. The quantitative estimate of drug-likeness (QED) is 0.792. The van der Waals surface area contributed by atoms with Gasteiger partial charge in [0, 0.05) is 17.1 Å². The van der Waals surface area contributed by atoms with Gasteiger partial charge in [-0.2, -0.15) is 0 Å². The third-order valence-electron chi connectivity index (χ3n) is 3.72. The summed E-state index contributed by atoms with van der Waals surface area (Å²) in [6.07, 6.45) is 2.34. The highest BCUT2D eigenvalue weighted by molar-refractivity contribution is 5.83. The number of nitrogens with two attached hydrogens (primary N) is 1. The molecule has 3 rings (SSSR count). The van der Waals surface area contributed by atoms with E-state index in [2.05, 4.69) is 4.98 Å². The Bertz CT molecular complexity index is 776. The standard InChI is InChI=1S/C18H17FN2/c1-18(20,12-13-5-2-6-14(19)11-13)16-8-3-9-17-15(16)7-4-10-21-17/h2-11H,12,20H2,1H3. The molecule has 0 fully saturated rings. The SMILES string of the molecule is CC(N)(Cc1cccc(F)c1)c1cccc2ncccc12. The Morgan fingerprint density at radius 3 is 2.71 bits per heavy atom. The molecular weight excluding hydrogens is 263 g/mol. The summed E-state index contributed by atoms with van der Waals surface area (Å²) in [6, 6.07) is 16.5. The molecule has 0 radical (unpaired) electrons. The molecule has 2 nitrogen and oxygen atoms in total. The number of hydrogen-bond acceptors (Lipinski definition) is 2. The van der Waals surface area contributed by atoms with Gasteiger partial charge in [-0.3, -0.25) is 4.98 Å². The largest absolute Gasteiger partial charge is 0.321 e. The number of nitrogens with zero attached hydrogens (tertiary/aromatic N) is 1. The lowest BCUT2D eigenvalue weighted by Gasteiger charge is -2.27. The van der Waals surface area contributed by atoms with Crippen LogP contribution in [0.3, 0.4) is 0 Å². The highest BCUT2D eigenvalue weighted by Gasteiger charge is 2.24. The van der Waals surface area contributed by atoms with Crippen molar-refractivity contribution in [1.82, 2.24) is 4.98 Å². The van der Waals surface area contributed by atoms with Crippen LogP contribution in [0.25, 0.3) is 10.9 Å². The Labute approximate surface area is 123 Å². The second kappa shape index (κ2) is 5.26. The van der Waals surface area contributed by atoms with Gasteiger partial charge in [0.25, 0.3) is 0 Å². The lowest BCUT2D eigenvalue weighted by atomic mass is 9.84. The minimum atomic E-state index is -0.587. The van der Waals surface area contributed by atoms with Crippen molar-refractivity contribution >= 4 is 10.9 Å². The van der Waals surface area contributed by atoms with Gasteiger partial charge in [-0.25, -0.2) is 4.39 Å². The van der Waals surface area contributed by atoms with Crippen molar-refractivity contribution in [3.8, 4) is 0 Å². The summed E-state index contributed by atoms with van der Waals surface area (Å²) < 4.78 is 13.3. The summed E-state index contributed by atoms with van der Waals surface area (Å²) in [6.45, 7) is 1.97. The van der Waals surface area contributed by atoms with Crippen molar-refractivity contribution in [2.75, 3.05) is 0 Å². The summed E-state index contributed by atoms with van der Waals surface area (Å²) in [4.78, 5) is 4.36. The molecule has 0 aliphatic rings. The predicted octanol–water partition coefficient (Wildman–Crippen LogP) is 3.79. The number of halogens is 1. The zero-order valence-corrected chi connectivity index (χ0v) is 11.9. The fourth-order valence-electron chi connectivity index (χ4n) is 2.77. The number of hydrogen-bond donors (Lipinski definition) is 1. The summed E-state index contributed by atoms with van der Waals surface area (Å²) in [5.74, 6) is -0.233. The van der Waals surface area contributed by atoms with E-state index in [4.69, 9.17) is 5.73 Å². The second-order valence-corrected chi connectivity index (χ2v) is 5.60. The molecule has 0 saturated carbocycles. The molecule has 0 bridgehead atoms. The summed E-state index contributed by atoms with van der Waals surface area (Å²) >= 11 is 0. The van der Waals surface area contributed by atoms with Gasteiger partial charge in [-0.05, 0) is 48.7 Å². The average molecular weight is 280 g/mol. The molecule has 0 spiro atoms. The van der Waals surface area contributed by atoms with Gasteiger partial charge >= 0.3 is 0 Å². The average Bonchev–Trinajstić information content (AvgIpc) is 2.46. The molecule has 0 amide bonds. The van der Waals surface area contributed by atoms with E-state index < -0.39 is 5.54 Å². The first-order valence-electron chi connectivity index (χ1n) is 6.94. The van der Waals surface area contributed by atoms with Gasteiger partial charge < -0.3 is 5.73 Å². The van der Waals surface area contributed by atoms with Crippen molar-refractivity contribution in [2.45, 2.75) is 18.9 Å². The van der Waals surface area contributed by atoms with Crippen LogP contribution in [-0.4, -0.2) is 4.98 Å². The van der Waals surface area contributed by atoms with Gasteiger partial charge in [0.15, 0.2) is 0 Å². The van der Waals surface area contributed by atoms with Crippen LogP contribution in [0, 0.1) is 5.82 Å². The molecule has 0 aliphatic carbocycles. The maximum atomic E-state index is 13.3. The Kier molecular flexibility index (Phi) is 3.43. The zero-order chi connectivity index (χ0) is 14.9. The maximum absolute atomic E-state index is 13.3. The molecule has 1 unspecified atom stereocenters. The first kappa shape index (κ1) is 13.7. The first-order valence-corrected chi connectivity index (χ1v) is 6.94. The van der Waals surface area contributed by atoms with Crippen LogP contribution >= 0.6 is 0 Å².